The Labute approximate surface area is 209 Å². The fourth-order valence-corrected chi connectivity index (χ4v) is 3.83. The van der Waals surface area contributed by atoms with Crippen molar-refractivity contribution in [2.45, 2.75) is 24.9 Å². The molecule has 1 aliphatic rings. The van der Waals surface area contributed by atoms with Crippen LogP contribution in [0.1, 0.15) is 35.1 Å². The third kappa shape index (κ3) is 6.60. The minimum absolute atomic E-state index is 0.00589. The Bertz CT molecular complexity index is 1350. The number of carboxylic acid groups (broad SMARTS) is 1. The van der Waals surface area contributed by atoms with Gasteiger partial charge in [0, 0.05) is 30.9 Å². The highest BCUT2D eigenvalue weighted by atomic mass is 19.4. The first-order valence-electron chi connectivity index (χ1n) is 11.4. The second-order valence-corrected chi connectivity index (χ2v) is 8.27. The normalized spacial score (nSPS) is 14.1. The van der Waals surface area contributed by atoms with Gasteiger partial charge < -0.3 is 15.3 Å². The molecular formula is C25H23F3N6O3. The fraction of sp³-hybridized carbons (Fsp3) is 0.240. The fourth-order valence-electron chi connectivity index (χ4n) is 3.83. The smallest absolute Gasteiger partial charge is 0.475 e. The number of carboxylic acids is 1. The molecule has 192 valence electrons. The van der Waals surface area contributed by atoms with Gasteiger partial charge in [-0.15, -0.1) is 0 Å². The van der Waals surface area contributed by atoms with Crippen LogP contribution in [-0.2, 0) is 4.79 Å². The van der Waals surface area contributed by atoms with Gasteiger partial charge in [-0.2, -0.15) is 18.3 Å². The predicted octanol–water partition coefficient (Wildman–Crippen LogP) is 4.52. The maximum Gasteiger partial charge on any atom is 0.490 e. The van der Waals surface area contributed by atoms with Gasteiger partial charge in [-0.05, 0) is 49.2 Å². The van der Waals surface area contributed by atoms with Crippen LogP contribution < -0.4 is 5.32 Å². The summed E-state index contributed by atoms with van der Waals surface area (Å²) in [6.07, 6.45) is 0.231. The van der Waals surface area contributed by atoms with Gasteiger partial charge in [-0.3, -0.25) is 9.78 Å². The lowest BCUT2D eigenvalue weighted by Crippen LogP contribution is -2.38. The molecule has 0 aliphatic carbocycles. The van der Waals surface area contributed by atoms with Gasteiger partial charge in [0.2, 0.25) is 0 Å². The van der Waals surface area contributed by atoms with E-state index in [1.54, 1.807) is 12.3 Å². The number of fused-ring (bicyclic) bond motifs is 1. The second-order valence-electron chi connectivity index (χ2n) is 8.27. The zero-order valence-electron chi connectivity index (χ0n) is 19.5. The minimum atomic E-state index is -5.08. The topological polar surface area (TPSA) is 113 Å². The molecule has 5 rings (SSSR count). The Morgan fingerprint density at radius 2 is 1.62 bits per heavy atom. The van der Waals surface area contributed by atoms with E-state index in [1.165, 1.54) is 0 Å². The van der Waals surface area contributed by atoms with Crippen molar-refractivity contribution in [1.29, 1.82) is 0 Å². The molecule has 1 fully saturated rings. The van der Waals surface area contributed by atoms with Crippen molar-refractivity contribution < 1.29 is 27.9 Å². The number of aliphatic carboxylic acids is 1. The van der Waals surface area contributed by atoms with E-state index in [0.29, 0.717) is 18.8 Å². The summed E-state index contributed by atoms with van der Waals surface area (Å²) in [5.41, 5.74) is 3.32. The number of benzene rings is 1. The quantitative estimate of drug-likeness (QED) is 0.413. The molecular weight excluding hydrogens is 489 g/mol. The molecule has 2 N–H and O–H groups in total. The van der Waals surface area contributed by atoms with Gasteiger partial charge in [0.05, 0.1) is 11.9 Å². The number of nitrogens with one attached hydrogen (secondary N) is 1. The number of hydrogen-bond donors (Lipinski definition) is 2. The van der Waals surface area contributed by atoms with Gasteiger partial charge in [0.25, 0.3) is 5.91 Å². The lowest BCUT2D eigenvalue weighted by atomic mass is 9.96. The largest absolute Gasteiger partial charge is 0.490 e. The van der Waals surface area contributed by atoms with E-state index >= 15 is 0 Å². The summed E-state index contributed by atoms with van der Waals surface area (Å²) in [6.45, 7) is 1.38. The molecule has 1 amide bonds. The van der Waals surface area contributed by atoms with E-state index in [-0.39, 0.29) is 11.8 Å². The molecule has 1 aliphatic heterocycles. The zero-order chi connectivity index (χ0) is 26.4. The number of para-hydroxylation sites is 1. The Morgan fingerprint density at radius 3 is 2.24 bits per heavy atom. The summed E-state index contributed by atoms with van der Waals surface area (Å²) < 4.78 is 33.6. The van der Waals surface area contributed by atoms with Crippen molar-refractivity contribution in [2.75, 3.05) is 18.4 Å². The molecule has 0 unspecified atom stereocenters. The molecule has 37 heavy (non-hydrogen) atoms. The second kappa shape index (κ2) is 11.1. The number of halogens is 3. The van der Waals surface area contributed by atoms with Crippen molar-refractivity contribution in [3.63, 3.8) is 0 Å². The van der Waals surface area contributed by atoms with Gasteiger partial charge in [0.15, 0.2) is 11.5 Å². The van der Waals surface area contributed by atoms with E-state index in [2.05, 4.69) is 10.3 Å². The van der Waals surface area contributed by atoms with Crippen LogP contribution in [0.5, 0.6) is 0 Å². The van der Waals surface area contributed by atoms with Crippen molar-refractivity contribution in [3.8, 4) is 0 Å². The maximum atomic E-state index is 12.6. The molecule has 9 nitrogen and oxygen atoms in total. The minimum Gasteiger partial charge on any atom is -0.475 e. The van der Waals surface area contributed by atoms with Crippen LogP contribution in [0, 0.1) is 0 Å². The first kappa shape index (κ1) is 25.6. The molecule has 0 saturated carbocycles. The SMILES string of the molecule is O=C(O)C(F)(F)F.O=C(c1ccccn1)N1CCC(c2nc3ccc(Nc4ccccc4)cn3n2)CC1. The van der Waals surface area contributed by atoms with Gasteiger partial charge in [-0.1, -0.05) is 24.3 Å². The number of anilines is 2. The molecule has 1 saturated heterocycles. The number of pyridine rings is 2. The number of amides is 1. The van der Waals surface area contributed by atoms with Crippen LogP contribution >= 0.6 is 0 Å². The van der Waals surface area contributed by atoms with Crippen molar-refractivity contribution in [1.82, 2.24) is 24.5 Å². The average Bonchev–Trinajstić information content (AvgIpc) is 3.33. The number of piperidine rings is 1. The van der Waals surface area contributed by atoms with Crippen LogP contribution in [0.25, 0.3) is 5.65 Å². The van der Waals surface area contributed by atoms with Crippen LogP contribution in [0.2, 0.25) is 0 Å². The number of nitrogens with zero attached hydrogens (tertiary/aromatic N) is 5. The summed E-state index contributed by atoms with van der Waals surface area (Å²) in [4.78, 5) is 32.3. The van der Waals surface area contributed by atoms with Crippen molar-refractivity contribution >= 4 is 28.9 Å². The third-order valence-corrected chi connectivity index (χ3v) is 5.68. The first-order chi connectivity index (χ1) is 17.7. The molecule has 12 heteroatoms. The zero-order valence-corrected chi connectivity index (χ0v) is 19.5. The highest BCUT2D eigenvalue weighted by Gasteiger charge is 2.38. The number of alkyl halides is 3. The molecule has 0 spiro atoms. The standard InChI is InChI=1S/C23H22N6O.C2HF3O2/c30-23(20-8-4-5-13-24-20)28-14-11-17(12-15-28)22-26-21-10-9-19(16-29(21)27-22)25-18-6-2-1-3-7-18;3-2(4,5)1(6)7/h1-10,13,16-17,25H,11-12,14-15H2;(H,6,7). The van der Waals surface area contributed by atoms with Gasteiger partial charge in [-0.25, -0.2) is 14.3 Å². The number of rotatable bonds is 4. The number of hydrogen-bond acceptors (Lipinski definition) is 6. The van der Waals surface area contributed by atoms with E-state index in [0.717, 1.165) is 35.7 Å². The Morgan fingerprint density at radius 1 is 0.946 bits per heavy atom. The van der Waals surface area contributed by atoms with Crippen LogP contribution in [-0.4, -0.2) is 60.7 Å². The van der Waals surface area contributed by atoms with Gasteiger partial charge in [0.1, 0.15) is 5.69 Å². The Hall–Kier alpha value is -4.48. The predicted molar refractivity (Wildman–Crippen MR) is 129 cm³/mol. The number of carbonyl (C=O) groups excluding carboxylic acids is 1. The molecule has 3 aromatic heterocycles. The van der Waals surface area contributed by atoms with Crippen molar-refractivity contribution in [2.24, 2.45) is 0 Å². The first-order valence-corrected chi connectivity index (χ1v) is 11.4. The monoisotopic (exact) mass is 512 g/mol. The van der Waals surface area contributed by atoms with Crippen LogP contribution in [0.15, 0.2) is 73.1 Å². The Kier molecular flexibility index (Phi) is 7.66. The highest BCUT2D eigenvalue weighted by Crippen LogP contribution is 2.27. The molecule has 4 aromatic rings. The lowest BCUT2D eigenvalue weighted by Gasteiger charge is -2.30. The molecule has 0 bridgehead atoms. The van der Waals surface area contributed by atoms with E-state index in [1.807, 2.05) is 70.2 Å². The Balaban J connectivity index is 0.000000405. The van der Waals surface area contributed by atoms with Crippen molar-refractivity contribution in [3.05, 3.63) is 84.6 Å². The molecule has 0 radical (unpaired) electrons. The molecule has 4 heterocycles. The molecule has 0 atom stereocenters. The summed E-state index contributed by atoms with van der Waals surface area (Å²) in [5.74, 6) is -1.67. The number of carbonyl (C=O) groups is 2. The highest BCUT2D eigenvalue weighted by molar-refractivity contribution is 5.92. The van der Waals surface area contributed by atoms with E-state index < -0.39 is 12.1 Å². The summed E-state index contributed by atoms with van der Waals surface area (Å²) >= 11 is 0. The van der Waals surface area contributed by atoms with Crippen LogP contribution in [0.3, 0.4) is 0 Å². The number of likely N-dealkylation sites (tertiary alicyclic amines) is 1. The third-order valence-electron chi connectivity index (χ3n) is 5.68. The van der Waals surface area contributed by atoms with E-state index in [9.17, 15) is 18.0 Å². The lowest BCUT2D eigenvalue weighted by molar-refractivity contribution is -0.192. The number of aromatic nitrogens is 4. The summed E-state index contributed by atoms with van der Waals surface area (Å²) in [7, 11) is 0. The van der Waals surface area contributed by atoms with Crippen LogP contribution in [0.4, 0.5) is 24.5 Å². The van der Waals surface area contributed by atoms with E-state index in [4.69, 9.17) is 20.0 Å². The molecule has 1 aromatic carbocycles. The average molecular weight is 512 g/mol. The summed E-state index contributed by atoms with van der Waals surface area (Å²) in [5, 5.41) is 15.2. The maximum absolute atomic E-state index is 12.6. The summed E-state index contributed by atoms with van der Waals surface area (Å²) in [6, 6.07) is 19.4. The van der Waals surface area contributed by atoms with Gasteiger partial charge >= 0.3 is 12.1 Å².